The van der Waals surface area contributed by atoms with Gasteiger partial charge in [-0.3, -0.25) is 0 Å². The van der Waals surface area contributed by atoms with Crippen molar-refractivity contribution in [3.8, 4) is 16.3 Å². The lowest BCUT2D eigenvalue weighted by molar-refractivity contribution is 0.488. The van der Waals surface area contributed by atoms with Crippen molar-refractivity contribution in [2.24, 2.45) is 5.14 Å². The molecule has 0 spiro atoms. The molecule has 0 atom stereocenters. The zero-order chi connectivity index (χ0) is 14.2. The van der Waals surface area contributed by atoms with Crippen molar-refractivity contribution >= 4 is 31.9 Å². The number of fused-ring (bicyclic) bond motifs is 1. The Balaban J connectivity index is 1.94. The fraction of sp³-hybridized carbons (Fsp3) is 0. The van der Waals surface area contributed by atoms with Gasteiger partial charge >= 0.3 is 10.3 Å². The first kappa shape index (κ1) is 13.0. The molecule has 0 aliphatic heterocycles. The van der Waals surface area contributed by atoms with E-state index in [2.05, 4.69) is 9.17 Å². The summed E-state index contributed by atoms with van der Waals surface area (Å²) < 4.78 is 27.3. The van der Waals surface area contributed by atoms with Gasteiger partial charge in [0, 0.05) is 5.56 Å². The van der Waals surface area contributed by atoms with Crippen LogP contribution in [0.4, 0.5) is 0 Å². The number of nitrogens with zero attached hydrogens (tertiary/aromatic N) is 1. The van der Waals surface area contributed by atoms with E-state index in [0.717, 1.165) is 20.8 Å². The summed E-state index contributed by atoms with van der Waals surface area (Å²) >= 11 is 1.57. The maximum absolute atomic E-state index is 10.8. The van der Waals surface area contributed by atoms with E-state index in [1.54, 1.807) is 35.6 Å². The van der Waals surface area contributed by atoms with Crippen LogP contribution in [0.1, 0.15) is 0 Å². The summed E-state index contributed by atoms with van der Waals surface area (Å²) in [4.78, 5) is 4.52. The smallest absolute Gasteiger partial charge is 0.371 e. The van der Waals surface area contributed by atoms with Crippen molar-refractivity contribution in [1.29, 1.82) is 0 Å². The van der Waals surface area contributed by atoms with Crippen LogP contribution in [0.2, 0.25) is 0 Å². The molecule has 5 nitrogen and oxygen atoms in total. The van der Waals surface area contributed by atoms with Gasteiger partial charge in [0.1, 0.15) is 10.8 Å². The number of para-hydroxylation sites is 1. The summed E-state index contributed by atoms with van der Waals surface area (Å²) in [6.07, 6.45) is 0. The first-order chi connectivity index (χ1) is 9.51. The molecule has 2 N–H and O–H groups in total. The lowest BCUT2D eigenvalue weighted by Gasteiger charge is -2.02. The molecule has 1 heterocycles. The van der Waals surface area contributed by atoms with Crippen molar-refractivity contribution in [3.63, 3.8) is 0 Å². The number of hydrogen-bond acceptors (Lipinski definition) is 5. The Bertz CT molecular complexity index is 822. The molecule has 0 fully saturated rings. The highest BCUT2D eigenvalue weighted by Crippen LogP contribution is 2.30. The molecule has 20 heavy (non-hydrogen) atoms. The third kappa shape index (κ3) is 2.79. The highest BCUT2D eigenvalue weighted by Gasteiger charge is 2.08. The SMILES string of the molecule is NS(=O)(=O)Oc1ccc(-c2nc3ccccc3s2)cc1. The van der Waals surface area contributed by atoms with Crippen LogP contribution in [-0.2, 0) is 10.3 Å². The molecule has 3 rings (SSSR count). The largest absolute Gasteiger partial charge is 0.380 e. The van der Waals surface area contributed by atoms with E-state index >= 15 is 0 Å². The summed E-state index contributed by atoms with van der Waals surface area (Å²) in [7, 11) is -3.99. The van der Waals surface area contributed by atoms with Crippen LogP contribution < -0.4 is 9.32 Å². The molecule has 0 aliphatic rings. The van der Waals surface area contributed by atoms with Crippen LogP contribution in [0.3, 0.4) is 0 Å². The van der Waals surface area contributed by atoms with Gasteiger partial charge < -0.3 is 4.18 Å². The van der Waals surface area contributed by atoms with Gasteiger partial charge in [-0.2, -0.15) is 13.6 Å². The number of hydrogen-bond donors (Lipinski definition) is 1. The lowest BCUT2D eigenvalue weighted by atomic mass is 10.2. The summed E-state index contributed by atoms with van der Waals surface area (Å²) in [6.45, 7) is 0. The zero-order valence-electron chi connectivity index (χ0n) is 10.2. The molecule has 102 valence electrons. The van der Waals surface area contributed by atoms with Gasteiger partial charge in [-0.15, -0.1) is 11.3 Å². The maximum Gasteiger partial charge on any atom is 0.380 e. The summed E-state index contributed by atoms with van der Waals surface area (Å²) in [6, 6.07) is 14.5. The zero-order valence-corrected chi connectivity index (χ0v) is 11.8. The molecule has 0 saturated heterocycles. The second-order valence-corrected chi connectivity index (χ2v) is 6.27. The highest BCUT2D eigenvalue weighted by atomic mass is 32.2. The first-order valence-corrected chi connectivity index (χ1v) is 7.98. The normalized spacial score (nSPS) is 11.7. The van der Waals surface area contributed by atoms with Gasteiger partial charge in [-0.05, 0) is 36.4 Å². The van der Waals surface area contributed by atoms with Gasteiger partial charge in [0.15, 0.2) is 0 Å². The van der Waals surface area contributed by atoms with Crippen LogP contribution in [0.5, 0.6) is 5.75 Å². The molecule has 0 unspecified atom stereocenters. The van der Waals surface area contributed by atoms with E-state index in [1.165, 1.54) is 0 Å². The van der Waals surface area contributed by atoms with Crippen LogP contribution >= 0.6 is 11.3 Å². The van der Waals surface area contributed by atoms with E-state index in [-0.39, 0.29) is 5.75 Å². The van der Waals surface area contributed by atoms with Gasteiger partial charge in [0.05, 0.1) is 10.2 Å². The number of nitrogens with two attached hydrogens (primary N) is 1. The van der Waals surface area contributed by atoms with Crippen LogP contribution in [0.15, 0.2) is 48.5 Å². The molecule has 7 heteroatoms. The third-order valence-electron chi connectivity index (χ3n) is 2.61. The van der Waals surface area contributed by atoms with Crippen molar-refractivity contribution in [2.45, 2.75) is 0 Å². The fourth-order valence-corrected chi connectivity index (χ4v) is 3.13. The molecule has 0 radical (unpaired) electrons. The Labute approximate surface area is 119 Å². The second-order valence-electron chi connectivity index (χ2n) is 4.09. The number of rotatable bonds is 3. The van der Waals surface area contributed by atoms with Gasteiger partial charge in [0.2, 0.25) is 0 Å². The second kappa shape index (κ2) is 4.86. The summed E-state index contributed by atoms with van der Waals surface area (Å²) in [5, 5.41) is 5.68. The molecule has 0 amide bonds. The summed E-state index contributed by atoms with van der Waals surface area (Å²) in [5.41, 5.74) is 1.84. The van der Waals surface area contributed by atoms with E-state index in [4.69, 9.17) is 5.14 Å². The highest BCUT2D eigenvalue weighted by molar-refractivity contribution is 7.84. The van der Waals surface area contributed by atoms with Crippen LogP contribution in [-0.4, -0.2) is 13.4 Å². The predicted molar refractivity (Wildman–Crippen MR) is 78.8 cm³/mol. The quantitative estimate of drug-likeness (QED) is 0.806. The number of thiazole rings is 1. The van der Waals surface area contributed by atoms with Gasteiger partial charge in [-0.25, -0.2) is 4.98 Å². The van der Waals surface area contributed by atoms with Gasteiger partial charge in [0.25, 0.3) is 0 Å². The molecule has 2 aromatic carbocycles. The van der Waals surface area contributed by atoms with E-state index in [0.29, 0.717) is 0 Å². The van der Waals surface area contributed by atoms with Crippen molar-refractivity contribution in [1.82, 2.24) is 4.98 Å². The van der Waals surface area contributed by atoms with E-state index in [9.17, 15) is 8.42 Å². The molecule has 0 saturated carbocycles. The lowest BCUT2D eigenvalue weighted by Crippen LogP contribution is -2.18. The van der Waals surface area contributed by atoms with E-state index in [1.807, 2.05) is 24.3 Å². The monoisotopic (exact) mass is 306 g/mol. The Morgan fingerprint density at radius 1 is 1.05 bits per heavy atom. The molecular weight excluding hydrogens is 296 g/mol. The molecule has 3 aromatic rings. The van der Waals surface area contributed by atoms with Crippen LogP contribution in [0.25, 0.3) is 20.8 Å². The minimum absolute atomic E-state index is 0.178. The number of aromatic nitrogens is 1. The molecule has 0 aliphatic carbocycles. The Morgan fingerprint density at radius 2 is 1.75 bits per heavy atom. The minimum atomic E-state index is -3.99. The third-order valence-corrected chi connectivity index (χ3v) is 4.12. The topological polar surface area (TPSA) is 82.3 Å². The van der Waals surface area contributed by atoms with Crippen molar-refractivity contribution < 1.29 is 12.6 Å². The number of benzene rings is 2. The molecular formula is C13H10N2O3S2. The van der Waals surface area contributed by atoms with Crippen LogP contribution in [0, 0.1) is 0 Å². The van der Waals surface area contributed by atoms with Crippen molar-refractivity contribution in [3.05, 3.63) is 48.5 Å². The molecule has 1 aromatic heterocycles. The fourth-order valence-electron chi connectivity index (χ4n) is 1.78. The maximum atomic E-state index is 10.8. The van der Waals surface area contributed by atoms with Gasteiger partial charge in [-0.1, -0.05) is 12.1 Å². The Kier molecular flexibility index (Phi) is 3.17. The van der Waals surface area contributed by atoms with Crippen molar-refractivity contribution in [2.75, 3.05) is 0 Å². The minimum Gasteiger partial charge on any atom is -0.371 e. The Morgan fingerprint density at radius 3 is 2.40 bits per heavy atom. The Hall–Kier alpha value is -1.96. The predicted octanol–water partition coefficient (Wildman–Crippen LogP) is 2.55. The standard InChI is InChI=1S/C13H10N2O3S2/c14-20(16,17)18-10-7-5-9(6-8-10)13-15-11-3-1-2-4-12(11)19-13/h1-8H,(H2,14,16,17). The average Bonchev–Trinajstić information content (AvgIpc) is 2.81. The average molecular weight is 306 g/mol. The van der Waals surface area contributed by atoms with E-state index < -0.39 is 10.3 Å². The molecule has 0 bridgehead atoms. The summed E-state index contributed by atoms with van der Waals surface area (Å²) in [5.74, 6) is 0.178. The first-order valence-electron chi connectivity index (χ1n) is 5.69.